The highest BCUT2D eigenvalue weighted by atomic mass is 35.5. The lowest BCUT2D eigenvalue weighted by Crippen LogP contribution is -1.97. The fourth-order valence-electron chi connectivity index (χ4n) is 1.52. The van der Waals surface area contributed by atoms with Gasteiger partial charge in [0.2, 0.25) is 0 Å². The van der Waals surface area contributed by atoms with Crippen molar-refractivity contribution in [2.45, 2.75) is 0 Å². The van der Waals surface area contributed by atoms with Crippen molar-refractivity contribution in [2.24, 2.45) is 0 Å². The molecule has 6 heteroatoms. The molecular formula is C12H10ClN3O2. The molecule has 2 rings (SSSR count). The van der Waals surface area contributed by atoms with E-state index in [-0.39, 0.29) is 11.4 Å². The van der Waals surface area contributed by atoms with Crippen molar-refractivity contribution in [3.8, 4) is 0 Å². The van der Waals surface area contributed by atoms with E-state index in [1.54, 1.807) is 18.2 Å². The molecule has 0 aliphatic rings. The third-order valence-electron chi connectivity index (χ3n) is 2.38. The highest BCUT2D eigenvalue weighted by molar-refractivity contribution is 6.33. The van der Waals surface area contributed by atoms with E-state index in [4.69, 9.17) is 17.3 Å². The first kappa shape index (κ1) is 12.2. The molecule has 0 bridgehead atoms. The van der Waals surface area contributed by atoms with Gasteiger partial charge in [0.15, 0.2) is 0 Å². The number of nitrogens with one attached hydrogen (secondary N) is 1. The van der Waals surface area contributed by atoms with Crippen LogP contribution in [0.3, 0.4) is 0 Å². The Kier molecular flexibility index (Phi) is 3.34. The van der Waals surface area contributed by atoms with Gasteiger partial charge in [0.1, 0.15) is 5.69 Å². The third kappa shape index (κ3) is 2.52. The van der Waals surface area contributed by atoms with Gasteiger partial charge < -0.3 is 11.1 Å². The first-order valence-electron chi connectivity index (χ1n) is 5.13. The number of anilines is 3. The Morgan fingerprint density at radius 1 is 1.22 bits per heavy atom. The maximum Gasteiger partial charge on any atom is 0.292 e. The molecule has 0 saturated heterocycles. The summed E-state index contributed by atoms with van der Waals surface area (Å²) in [6.07, 6.45) is 0. The summed E-state index contributed by atoms with van der Waals surface area (Å²) >= 11 is 5.99. The van der Waals surface area contributed by atoms with Gasteiger partial charge in [-0.2, -0.15) is 0 Å². The van der Waals surface area contributed by atoms with Crippen molar-refractivity contribution in [2.75, 3.05) is 11.1 Å². The summed E-state index contributed by atoms with van der Waals surface area (Å²) in [6, 6.07) is 11.6. The number of halogens is 1. The minimum absolute atomic E-state index is 0.108. The largest absolute Gasteiger partial charge is 0.393 e. The average Bonchev–Trinajstić information content (AvgIpc) is 2.32. The summed E-state index contributed by atoms with van der Waals surface area (Å²) in [5.74, 6) is 0. The van der Waals surface area contributed by atoms with E-state index in [0.29, 0.717) is 16.4 Å². The Hall–Kier alpha value is -2.27. The number of benzene rings is 2. The summed E-state index contributed by atoms with van der Waals surface area (Å²) in [4.78, 5) is 10.1. The van der Waals surface area contributed by atoms with E-state index in [1.807, 2.05) is 12.1 Å². The van der Waals surface area contributed by atoms with E-state index in [2.05, 4.69) is 5.32 Å². The Bertz CT molecular complexity index is 602. The molecule has 2 aromatic carbocycles. The molecule has 92 valence electrons. The van der Waals surface area contributed by atoms with Crippen molar-refractivity contribution in [1.29, 1.82) is 0 Å². The molecule has 0 spiro atoms. The Morgan fingerprint density at radius 3 is 2.56 bits per heavy atom. The molecule has 5 nitrogen and oxygen atoms in total. The van der Waals surface area contributed by atoms with E-state index < -0.39 is 4.92 Å². The predicted molar refractivity (Wildman–Crippen MR) is 72.2 cm³/mol. The molecule has 0 aliphatic heterocycles. The van der Waals surface area contributed by atoms with Crippen LogP contribution in [0.5, 0.6) is 0 Å². The SMILES string of the molecule is Nc1cc(Nc2ccccc2Cl)ccc1[N+](=O)[O-]. The van der Waals surface area contributed by atoms with E-state index in [9.17, 15) is 10.1 Å². The number of hydrogen-bond acceptors (Lipinski definition) is 4. The summed E-state index contributed by atoms with van der Waals surface area (Å²) in [6.45, 7) is 0. The summed E-state index contributed by atoms with van der Waals surface area (Å²) < 4.78 is 0. The topological polar surface area (TPSA) is 81.2 Å². The normalized spacial score (nSPS) is 10.1. The second kappa shape index (κ2) is 4.93. The molecule has 0 heterocycles. The summed E-state index contributed by atoms with van der Waals surface area (Å²) in [5.41, 5.74) is 6.96. The zero-order chi connectivity index (χ0) is 13.1. The van der Waals surface area contributed by atoms with Crippen LogP contribution in [0.25, 0.3) is 0 Å². The lowest BCUT2D eigenvalue weighted by Gasteiger charge is -2.08. The van der Waals surface area contributed by atoms with Crippen LogP contribution in [-0.4, -0.2) is 4.92 Å². The monoisotopic (exact) mass is 263 g/mol. The smallest absolute Gasteiger partial charge is 0.292 e. The molecule has 0 unspecified atom stereocenters. The minimum Gasteiger partial charge on any atom is -0.393 e. The van der Waals surface area contributed by atoms with Gasteiger partial charge in [-0.15, -0.1) is 0 Å². The first-order valence-corrected chi connectivity index (χ1v) is 5.51. The van der Waals surface area contributed by atoms with Crippen LogP contribution in [0.15, 0.2) is 42.5 Å². The molecule has 2 aromatic rings. The van der Waals surface area contributed by atoms with Crippen LogP contribution in [0.4, 0.5) is 22.7 Å². The standard InChI is InChI=1S/C12H10ClN3O2/c13-9-3-1-2-4-11(9)15-8-5-6-12(16(17)18)10(14)7-8/h1-7,15H,14H2. The number of nitrogen functional groups attached to an aromatic ring is 1. The molecule has 18 heavy (non-hydrogen) atoms. The Balaban J connectivity index is 2.29. The van der Waals surface area contributed by atoms with Crippen molar-refractivity contribution in [1.82, 2.24) is 0 Å². The molecule has 0 fully saturated rings. The van der Waals surface area contributed by atoms with Gasteiger partial charge in [-0.1, -0.05) is 23.7 Å². The average molecular weight is 264 g/mol. The van der Waals surface area contributed by atoms with Crippen molar-refractivity contribution in [3.05, 3.63) is 57.6 Å². The van der Waals surface area contributed by atoms with E-state index >= 15 is 0 Å². The van der Waals surface area contributed by atoms with Crippen molar-refractivity contribution in [3.63, 3.8) is 0 Å². The second-order valence-corrected chi connectivity index (χ2v) is 4.04. The molecule has 0 saturated carbocycles. The van der Waals surface area contributed by atoms with Gasteiger partial charge in [0.05, 0.1) is 15.6 Å². The molecular weight excluding hydrogens is 254 g/mol. The lowest BCUT2D eigenvalue weighted by molar-refractivity contribution is -0.383. The maximum atomic E-state index is 10.6. The van der Waals surface area contributed by atoms with E-state index in [0.717, 1.165) is 0 Å². The molecule has 0 atom stereocenters. The zero-order valence-electron chi connectivity index (χ0n) is 9.26. The van der Waals surface area contributed by atoms with Crippen LogP contribution in [-0.2, 0) is 0 Å². The number of nitrogens with zero attached hydrogens (tertiary/aromatic N) is 1. The van der Waals surface area contributed by atoms with Gasteiger partial charge in [-0.3, -0.25) is 10.1 Å². The number of nitro benzene ring substituents is 1. The highest BCUT2D eigenvalue weighted by Crippen LogP contribution is 2.29. The van der Waals surface area contributed by atoms with Gasteiger partial charge in [0, 0.05) is 11.8 Å². The molecule has 0 amide bonds. The van der Waals surface area contributed by atoms with Crippen molar-refractivity contribution < 1.29 is 4.92 Å². The van der Waals surface area contributed by atoms with E-state index in [1.165, 1.54) is 12.1 Å². The lowest BCUT2D eigenvalue weighted by atomic mass is 10.2. The maximum absolute atomic E-state index is 10.6. The summed E-state index contributed by atoms with van der Waals surface area (Å²) in [7, 11) is 0. The highest BCUT2D eigenvalue weighted by Gasteiger charge is 2.11. The zero-order valence-corrected chi connectivity index (χ0v) is 10.0. The van der Waals surface area contributed by atoms with Gasteiger partial charge >= 0.3 is 0 Å². The molecule has 0 aromatic heterocycles. The molecule has 0 aliphatic carbocycles. The van der Waals surface area contributed by atoms with Crippen molar-refractivity contribution >= 4 is 34.4 Å². The van der Waals surface area contributed by atoms with Crippen LogP contribution in [0, 0.1) is 10.1 Å². The Labute approximate surface area is 108 Å². The minimum atomic E-state index is -0.519. The third-order valence-corrected chi connectivity index (χ3v) is 2.71. The molecule has 3 N–H and O–H groups in total. The van der Waals surface area contributed by atoms with Gasteiger partial charge in [-0.25, -0.2) is 0 Å². The fraction of sp³-hybridized carbons (Fsp3) is 0. The second-order valence-electron chi connectivity index (χ2n) is 3.64. The van der Waals surface area contributed by atoms with Gasteiger partial charge in [0.25, 0.3) is 5.69 Å². The number of nitro groups is 1. The number of para-hydroxylation sites is 1. The predicted octanol–water partition coefficient (Wildman–Crippen LogP) is 3.57. The van der Waals surface area contributed by atoms with Gasteiger partial charge in [-0.05, 0) is 24.3 Å². The van der Waals surface area contributed by atoms with Crippen LogP contribution in [0.1, 0.15) is 0 Å². The summed E-state index contributed by atoms with van der Waals surface area (Å²) in [5, 5.41) is 14.2. The number of hydrogen-bond donors (Lipinski definition) is 2. The number of rotatable bonds is 3. The molecule has 0 radical (unpaired) electrons. The fourth-order valence-corrected chi connectivity index (χ4v) is 1.70. The Morgan fingerprint density at radius 2 is 1.94 bits per heavy atom. The van der Waals surface area contributed by atoms with Crippen LogP contribution >= 0.6 is 11.6 Å². The first-order chi connectivity index (χ1) is 8.58. The number of nitrogens with two attached hydrogens (primary N) is 1. The quantitative estimate of drug-likeness (QED) is 0.504. The van der Waals surface area contributed by atoms with Crippen LogP contribution < -0.4 is 11.1 Å². The van der Waals surface area contributed by atoms with Crippen LogP contribution in [0.2, 0.25) is 5.02 Å².